The normalized spacial score (nSPS) is 11.7. The number of aliphatic carboxylic acids is 1. The van der Waals surface area contributed by atoms with Crippen molar-refractivity contribution in [1.82, 2.24) is 29.7 Å². The number of carboxylic acid groups (broad SMARTS) is 1. The third-order valence-electron chi connectivity index (χ3n) is 4.35. The summed E-state index contributed by atoms with van der Waals surface area (Å²) >= 11 is 0. The van der Waals surface area contributed by atoms with Crippen LogP contribution >= 0.6 is 0 Å². The number of nitriles is 2. The quantitative estimate of drug-likeness (QED) is 0.476. The molecule has 0 saturated heterocycles. The highest BCUT2D eigenvalue weighted by Crippen LogP contribution is 2.27. The molecule has 0 radical (unpaired) electrons. The Morgan fingerprint density at radius 1 is 1.24 bits per heavy atom. The molecular formula is C20H13F3N8O2. The molecule has 0 spiro atoms. The Morgan fingerprint density at radius 3 is 2.67 bits per heavy atom. The number of nitrogens with zero attached hydrogens (tertiary/aromatic N) is 7. The summed E-state index contributed by atoms with van der Waals surface area (Å²) in [5.74, 6) is -2.76. The molecule has 4 aromatic heterocycles. The molecule has 0 amide bonds. The van der Waals surface area contributed by atoms with E-state index in [0.29, 0.717) is 5.56 Å². The molecule has 0 fully saturated rings. The average molecular weight is 454 g/mol. The fourth-order valence-corrected chi connectivity index (χ4v) is 2.88. The van der Waals surface area contributed by atoms with Gasteiger partial charge < -0.3 is 10.1 Å². The smallest absolute Gasteiger partial charge is 0.475 e. The fourth-order valence-electron chi connectivity index (χ4n) is 2.88. The second-order valence-electron chi connectivity index (χ2n) is 6.47. The molecular weight excluding hydrogens is 441 g/mol. The van der Waals surface area contributed by atoms with Crippen molar-refractivity contribution in [3.8, 4) is 23.4 Å². The van der Waals surface area contributed by atoms with E-state index in [9.17, 15) is 18.4 Å². The highest BCUT2D eigenvalue weighted by molar-refractivity contribution is 5.89. The molecule has 13 heteroatoms. The van der Waals surface area contributed by atoms with Crippen LogP contribution in [0.4, 0.5) is 13.2 Å². The number of hydrogen-bond donors (Lipinski definition) is 2. The van der Waals surface area contributed by atoms with Crippen LogP contribution in [-0.4, -0.2) is 47.0 Å². The van der Waals surface area contributed by atoms with Gasteiger partial charge in [-0.05, 0) is 17.7 Å². The van der Waals surface area contributed by atoms with E-state index < -0.39 is 12.1 Å². The summed E-state index contributed by atoms with van der Waals surface area (Å²) in [6.45, 7) is 0. The van der Waals surface area contributed by atoms with E-state index >= 15 is 0 Å². The predicted octanol–water partition coefficient (Wildman–Crippen LogP) is 3.22. The van der Waals surface area contributed by atoms with E-state index in [1.165, 1.54) is 12.5 Å². The number of alkyl halides is 3. The highest BCUT2D eigenvalue weighted by Gasteiger charge is 2.38. The first kappa shape index (κ1) is 22.9. The summed E-state index contributed by atoms with van der Waals surface area (Å²) in [4.78, 5) is 24.6. The van der Waals surface area contributed by atoms with Gasteiger partial charge in [-0.15, -0.1) is 0 Å². The Hall–Kier alpha value is -4.78. The zero-order valence-corrected chi connectivity index (χ0v) is 16.5. The summed E-state index contributed by atoms with van der Waals surface area (Å²) in [5.41, 5.74) is 3.55. The predicted molar refractivity (Wildman–Crippen MR) is 106 cm³/mol. The minimum absolute atomic E-state index is 0.209. The number of hydrogen-bond acceptors (Lipinski definition) is 7. The van der Waals surface area contributed by atoms with Gasteiger partial charge in [0.15, 0.2) is 0 Å². The Labute approximate surface area is 183 Å². The molecule has 33 heavy (non-hydrogen) atoms. The zero-order valence-electron chi connectivity index (χ0n) is 16.5. The van der Waals surface area contributed by atoms with Gasteiger partial charge in [0.05, 0.1) is 36.0 Å². The standard InChI is InChI=1S/C18H12N8.C2HF3O2/c19-3-1-16(13-5-12(6-20)7-21-8-13)26-10-14(9-25-26)17-15-2-4-22-18(15)24-11-23-17;3-2(4,5)1(6)7/h2,4-5,7-11,16H,1H2,(H,22,23,24);(H,6,7). The van der Waals surface area contributed by atoms with Gasteiger partial charge in [-0.25, -0.2) is 14.8 Å². The number of aromatic amines is 1. The molecule has 166 valence electrons. The summed E-state index contributed by atoms with van der Waals surface area (Å²) in [6.07, 6.45) is 5.13. The average Bonchev–Trinajstić information content (AvgIpc) is 3.47. The van der Waals surface area contributed by atoms with Gasteiger partial charge in [-0.2, -0.15) is 28.8 Å². The number of aromatic nitrogens is 6. The minimum Gasteiger partial charge on any atom is -0.475 e. The maximum absolute atomic E-state index is 10.6. The van der Waals surface area contributed by atoms with Crippen molar-refractivity contribution in [2.75, 3.05) is 0 Å². The zero-order chi connectivity index (χ0) is 24.0. The van der Waals surface area contributed by atoms with Crippen LogP contribution in [-0.2, 0) is 4.79 Å². The molecule has 0 bridgehead atoms. The minimum atomic E-state index is -5.08. The monoisotopic (exact) mass is 454 g/mol. The highest BCUT2D eigenvalue weighted by atomic mass is 19.4. The molecule has 0 aliphatic carbocycles. The lowest BCUT2D eigenvalue weighted by atomic mass is 10.1. The molecule has 0 aromatic carbocycles. The van der Waals surface area contributed by atoms with E-state index in [1.807, 2.05) is 18.5 Å². The third kappa shape index (κ3) is 5.29. The molecule has 10 nitrogen and oxygen atoms in total. The summed E-state index contributed by atoms with van der Waals surface area (Å²) < 4.78 is 33.4. The molecule has 1 unspecified atom stereocenters. The molecule has 4 heterocycles. The first-order valence-corrected chi connectivity index (χ1v) is 9.09. The maximum atomic E-state index is 10.6. The number of halogens is 3. The summed E-state index contributed by atoms with van der Waals surface area (Å²) in [6, 6.07) is 7.55. The topological polar surface area (TPSA) is 157 Å². The van der Waals surface area contributed by atoms with E-state index in [4.69, 9.17) is 15.2 Å². The van der Waals surface area contributed by atoms with Crippen molar-refractivity contribution >= 4 is 17.0 Å². The van der Waals surface area contributed by atoms with Gasteiger partial charge >= 0.3 is 12.1 Å². The molecule has 2 N–H and O–H groups in total. The van der Waals surface area contributed by atoms with Crippen LogP contribution in [0.25, 0.3) is 22.3 Å². The first-order chi connectivity index (χ1) is 15.7. The van der Waals surface area contributed by atoms with Crippen LogP contribution in [0.15, 0.2) is 49.4 Å². The number of fused-ring (bicyclic) bond motifs is 1. The number of H-pyrrole nitrogens is 1. The first-order valence-electron chi connectivity index (χ1n) is 9.09. The van der Waals surface area contributed by atoms with Crippen molar-refractivity contribution < 1.29 is 23.1 Å². The van der Waals surface area contributed by atoms with Crippen LogP contribution in [0.3, 0.4) is 0 Å². The van der Waals surface area contributed by atoms with Crippen LogP contribution in [0.2, 0.25) is 0 Å². The van der Waals surface area contributed by atoms with Gasteiger partial charge in [-0.1, -0.05) is 0 Å². The van der Waals surface area contributed by atoms with E-state index in [2.05, 4.69) is 37.2 Å². The van der Waals surface area contributed by atoms with E-state index in [1.54, 1.807) is 23.1 Å². The van der Waals surface area contributed by atoms with Crippen LogP contribution in [0.1, 0.15) is 23.6 Å². The fraction of sp³-hybridized carbons (Fsp3) is 0.150. The van der Waals surface area contributed by atoms with Gasteiger partial charge in [-0.3, -0.25) is 9.67 Å². The van der Waals surface area contributed by atoms with Gasteiger partial charge in [0, 0.05) is 35.7 Å². The lowest BCUT2D eigenvalue weighted by Gasteiger charge is -2.14. The SMILES string of the molecule is N#CCC(c1cncc(C#N)c1)n1cc(-c2ncnc3[nH]ccc23)cn1.O=C(O)C(F)(F)F. The number of carboxylic acids is 1. The van der Waals surface area contributed by atoms with Gasteiger partial charge in [0.1, 0.15) is 18.0 Å². The number of nitrogens with one attached hydrogen (secondary N) is 1. The summed E-state index contributed by atoms with van der Waals surface area (Å²) in [7, 11) is 0. The maximum Gasteiger partial charge on any atom is 0.490 e. The largest absolute Gasteiger partial charge is 0.490 e. The lowest BCUT2D eigenvalue weighted by Crippen LogP contribution is -2.21. The molecule has 1 atom stereocenters. The van der Waals surface area contributed by atoms with Crippen molar-refractivity contribution in [2.24, 2.45) is 0 Å². The van der Waals surface area contributed by atoms with E-state index in [-0.39, 0.29) is 12.5 Å². The van der Waals surface area contributed by atoms with Gasteiger partial charge in [0.25, 0.3) is 0 Å². The number of pyridine rings is 1. The van der Waals surface area contributed by atoms with Crippen molar-refractivity contribution in [1.29, 1.82) is 10.5 Å². The molecule has 0 saturated carbocycles. The Kier molecular flexibility index (Phi) is 6.64. The Bertz CT molecular complexity index is 1360. The lowest BCUT2D eigenvalue weighted by molar-refractivity contribution is -0.192. The van der Waals surface area contributed by atoms with E-state index in [0.717, 1.165) is 27.9 Å². The molecule has 0 aliphatic rings. The van der Waals surface area contributed by atoms with Crippen LogP contribution in [0, 0.1) is 22.7 Å². The van der Waals surface area contributed by atoms with Crippen LogP contribution < -0.4 is 0 Å². The second kappa shape index (κ2) is 9.57. The van der Waals surface area contributed by atoms with Crippen molar-refractivity contribution in [3.05, 3.63) is 60.6 Å². The van der Waals surface area contributed by atoms with Gasteiger partial charge in [0.2, 0.25) is 0 Å². The molecule has 4 aromatic rings. The van der Waals surface area contributed by atoms with Crippen LogP contribution in [0.5, 0.6) is 0 Å². The van der Waals surface area contributed by atoms with Crippen molar-refractivity contribution in [3.63, 3.8) is 0 Å². The van der Waals surface area contributed by atoms with Crippen molar-refractivity contribution in [2.45, 2.75) is 18.6 Å². The molecule has 4 rings (SSSR count). The third-order valence-corrected chi connectivity index (χ3v) is 4.35. The Balaban J connectivity index is 0.000000383. The summed E-state index contributed by atoms with van der Waals surface area (Å²) in [5, 5.41) is 30.7. The molecule has 0 aliphatic heterocycles. The Morgan fingerprint density at radius 2 is 2.00 bits per heavy atom. The second-order valence-corrected chi connectivity index (χ2v) is 6.47. The number of rotatable bonds is 4. The number of carbonyl (C=O) groups is 1.